The molecule has 0 bridgehead atoms. The van der Waals surface area contributed by atoms with Gasteiger partial charge >= 0.3 is 0 Å². The molecule has 0 saturated carbocycles. The first-order valence-corrected chi connectivity index (χ1v) is 7.85. The average molecular weight is 341 g/mol. The number of hydrogen-bond acceptors (Lipinski definition) is 3. The molecule has 1 aliphatic heterocycles. The van der Waals surface area contributed by atoms with Crippen LogP contribution in [0.25, 0.3) is 0 Å². The monoisotopic (exact) mass is 340 g/mol. The van der Waals surface area contributed by atoms with Gasteiger partial charge in [-0.15, -0.1) is 0 Å². The van der Waals surface area contributed by atoms with Gasteiger partial charge in [-0.2, -0.15) is 0 Å². The van der Waals surface area contributed by atoms with Crippen LogP contribution >= 0.6 is 15.9 Å². The number of benzene rings is 1. The summed E-state index contributed by atoms with van der Waals surface area (Å²) in [6.45, 7) is 4.38. The Morgan fingerprint density at radius 2 is 2.25 bits per heavy atom. The van der Waals surface area contributed by atoms with Gasteiger partial charge in [0.15, 0.2) is 0 Å². The Morgan fingerprint density at radius 3 is 2.85 bits per heavy atom. The summed E-state index contributed by atoms with van der Waals surface area (Å²) >= 11 is 3.42. The SMILES string of the molecule is CC[C@H](NC(=O)C[C@H]1CNCCO1)c1ccc(Br)cc1. The molecule has 1 amide bonds. The largest absolute Gasteiger partial charge is 0.375 e. The molecular formula is C15H21BrN2O2. The fourth-order valence-electron chi connectivity index (χ4n) is 2.33. The summed E-state index contributed by atoms with van der Waals surface area (Å²) in [4.78, 5) is 12.1. The fraction of sp³-hybridized carbons (Fsp3) is 0.533. The number of halogens is 1. The molecule has 1 fully saturated rings. The van der Waals surface area contributed by atoms with Crippen molar-refractivity contribution in [2.75, 3.05) is 19.7 Å². The topological polar surface area (TPSA) is 50.4 Å². The molecule has 5 heteroatoms. The number of rotatable bonds is 5. The zero-order valence-electron chi connectivity index (χ0n) is 11.7. The van der Waals surface area contributed by atoms with Crippen LogP contribution in [-0.2, 0) is 9.53 Å². The predicted octanol–water partition coefficient (Wildman–Crippen LogP) is 2.39. The van der Waals surface area contributed by atoms with E-state index in [1.807, 2.05) is 24.3 Å². The number of hydrogen-bond donors (Lipinski definition) is 2. The van der Waals surface area contributed by atoms with Crippen molar-refractivity contribution in [3.8, 4) is 0 Å². The van der Waals surface area contributed by atoms with E-state index in [0.29, 0.717) is 13.0 Å². The third-order valence-corrected chi connectivity index (χ3v) is 3.96. The van der Waals surface area contributed by atoms with Crippen LogP contribution in [0.1, 0.15) is 31.4 Å². The van der Waals surface area contributed by atoms with Crippen LogP contribution in [0.15, 0.2) is 28.7 Å². The van der Waals surface area contributed by atoms with Gasteiger partial charge in [-0.25, -0.2) is 0 Å². The molecule has 1 heterocycles. The lowest BCUT2D eigenvalue weighted by Crippen LogP contribution is -2.41. The Balaban J connectivity index is 1.88. The lowest BCUT2D eigenvalue weighted by molar-refractivity contribution is -0.125. The highest BCUT2D eigenvalue weighted by atomic mass is 79.9. The van der Waals surface area contributed by atoms with Gasteiger partial charge in [-0.1, -0.05) is 35.0 Å². The number of morpholine rings is 1. The third-order valence-electron chi connectivity index (χ3n) is 3.43. The van der Waals surface area contributed by atoms with Crippen molar-refractivity contribution in [3.05, 3.63) is 34.3 Å². The molecule has 110 valence electrons. The molecule has 0 aromatic heterocycles. The highest BCUT2D eigenvalue weighted by Gasteiger charge is 2.19. The zero-order valence-corrected chi connectivity index (χ0v) is 13.3. The minimum absolute atomic E-state index is 0.00817. The first-order chi connectivity index (χ1) is 9.69. The maximum atomic E-state index is 12.1. The number of amides is 1. The van der Waals surface area contributed by atoms with Crippen LogP contribution in [0.4, 0.5) is 0 Å². The molecule has 0 aliphatic carbocycles. The van der Waals surface area contributed by atoms with E-state index in [0.717, 1.165) is 29.5 Å². The van der Waals surface area contributed by atoms with Crippen molar-refractivity contribution in [1.29, 1.82) is 0 Å². The number of carbonyl (C=O) groups excluding carboxylic acids is 1. The van der Waals surface area contributed by atoms with E-state index >= 15 is 0 Å². The number of nitrogens with one attached hydrogen (secondary N) is 2. The van der Waals surface area contributed by atoms with E-state index in [9.17, 15) is 4.79 Å². The maximum absolute atomic E-state index is 12.1. The second-order valence-corrected chi connectivity index (χ2v) is 5.90. The summed E-state index contributed by atoms with van der Waals surface area (Å²) in [7, 11) is 0. The molecular weight excluding hydrogens is 320 g/mol. The summed E-state index contributed by atoms with van der Waals surface area (Å²) in [5, 5.41) is 6.32. The van der Waals surface area contributed by atoms with Gasteiger partial charge in [0.2, 0.25) is 5.91 Å². The van der Waals surface area contributed by atoms with Crippen molar-refractivity contribution in [2.45, 2.75) is 31.9 Å². The first-order valence-electron chi connectivity index (χ1n) is 7.06. The Bertz CT molecular complexity index is 430. The smallest absolute Gasteiger partial charge is 0.223 e. The van der Waals surface area contributed by atoms with Gasteiger partial charge < -0.3 is 15.4 Å². The summed E-state index contributed by atoms with van der Waals surface area (Å²) in [5.74, 6) is 0.0495. The molecule has 0 radical (unpaired) electrons. The highest BCUT2D eigenvalue weighted by molar-refractivity contribution is 9.10. The Morgan fingerprint density at radius 1 is 1.50 bits per heavy atom. The van der Waals surface area contributed by atoms with E-state index in [1.165, 1.54) is 0 Å². The van der Waals surface area contributed by atoms with Crippen LogP contribution in [0.5, 0.6) is 0 Å². The van der Waals surface area contributed by atoms with Crippen LogP contribution in [0.2, 0.25) is 0 Å². The summed E-state index contributed by atoms with van der Waals surface area (Å²) in [6, 6.07) is 8.14. The van der Waals surface area contributed by atoms with Crippen LogP contribution in [0, 0.1) is 0 Å². The minimum Gasteiger partial charge on any atom is -0.375 e. The van der Waals surface area contributed by atoms with Crippen LogP contribution in [0.3, 0.4) is 0 Å². The summed E-state index contributed by atoms with van der Waals surface area (Å²) in [6.07, 6.45) is 1.28. The second-order valence-electron chi connectivity index (χ2n) is 4.98. The van der Waals surface area contributed by atoms with Crippen molar-refractivity contribution < 1.29 is 9.53 Å². The Hall–Kier alpha value is -0.910. The molecule has 20 heavy (non-hydrogen) atoms. The van der Waals surface area contributed by atoms with E-state index in [-0.39, 0.29) is 18.1 Å². The third kappa shape index (κ3) is 4.58. The van der Waals surface area contributed by atoms with E-state index in [4.69, 9.17) is 4.74 Å². The highest BCUT2D eigenvalue weighted by Crippen LogP contribution is 2.19. The van der Waals surface area contributed by atoms with Crippen LogP contribution < -0.4 is 10.6 Å². The summed E-state index contributed by atoms with van der Waals surface area (Å²) < 4.78 is 6.60. The lowest BCUT2D eigenvalue weighted by Gasteiger charge is -2.24. The quantitative estimate of drug-likeness (QED) is 0.865. The fourth-order valence-corrected chi connectivity index (χ4v) is 2.59. The van der Waals surface area contributed by atoms with Crippen molar-refractivity contribution in [1.82, 2.24) is 10.6 Å². The molecule has 2 N–H and O–H groups in total. The zero-order chi connectivity index (χ0) is 14.4. The van der Waals surface area contributed by atoms with Crippen molar-refractivity contribution in [3.63, 3.8) is 0 Å². The van der Waals surface area contributed by atoms with Gasteiger partial charge in [0.05, 0.1) is 25.2 Å². The van der Waals surface area contributed by atoms with Gasteiger partial charge in [0.25, 0.3) is 0 Å². The Kier molecular flexibility index (Phi) is 6.01. The normalized spacial score (nSPS) is 20.4. The molecule has 1 aromatic carbocycles. The number of carbonyl (C=O) groups is 1. The Labute approximate surface area is 128 Å². The average Bonchev–Trinajstić information content (AvgIpc) is 2.47. The molecule has 4 nitrogen and oxygen atoms in total. The number of ether oxygens (including phenoxy) is 1. The molecule has 1 saturated heterocycles. The van der Waals surface area contributed by atoms with E-state index in [1.54, 1.807) is 0 Å². The molecule has 0 unspecified atom stereocenters. The van der Waals surface area contributed by atoms with E-state index in [2.05, 4.69) is 33.5 Å². The maximum Gasteiger partial charge on any atom is 0.223 e. The molecule has 1 aliphatic rings. The molecule has 2 atom stereocenters. The standard InChI is InChI=1S/C15H21BrN2O2/c1-2-14(11-3-5-12(16)6-4-11)18-15(19)9-13-10-17-7-8-20-13/h3-6,13-14,17H,2,7-10H2,1H3,(H,18,19)/t13-,14-/m0/s1. The minimum atomic E-state index is -0.00817. The van der Waals surface area contributed by atoms with Crippen molar-refractivity contribution >= 4 is 21.8 Å². The van der Waals surface area contributed by atoms with Crippen molar-refractivity contribution in [2.24, 2.45) is 0 Å². The summed E-state index contributed by atoms with van der Waals surface area (Å²) in [5.41, 5.74) is 1.13. The molecule has 2 rings (SSSR count). The second kappa shape index (κ2) is 7.76. The van der Waals surface area contributed by atoms with Gasteiger partial charge in [-0.05, 0) is 24.1 Å². The van der Waals surface area contributed by atoms with E-state index < -0.39 is 0 Å². The first kappa shape index (κ1) is 15.5. The predicted molar refractivity (Wildman–Crippen MR) is 82.5 cm³/mol. The van der Waals surface area contributed by atoms with Crippen LogP contribution in [-0.4, -0.2) is 31.7 Å². The lowest BCUT2D eigenvalue weighted by atomic mass is 10.0. The van der Waals surface area contributed by atoms with Gasteiger partial charge in [-0.3, -0.25) is 4.79 Å². The molecule has 0 spiro atoms. The van der Waals surface area contributed by atoms with Gasteiger partial charge in [0.1, 0.15) is 0 Å². The molecule has 1 aromatic rings. The van der Waals surface area contributed by atoms with Gasteiger partial charge in [0, 0.05) is 17.6 Å².